The van der Waals surface area contributed by atoms with Crippen LogP contribution in [0.3, 0.4) is 0 Å². The molecule has 1 aromatic carbocycles. The van der Waals surface area contributed by atoms with Gasteiger partial charge in [-0.05, 0) is 18.2 Å². The maximum atomic E-state index is 12.0. The SMILES string of the molecule is CN(CCN)S(=O)(=O)c1ccc(C#N)cc1Cl. The zero-order chi connectivity index (χ0) is 13.1. The summed E-state index contributed by atoms with van der Waals surface area (Å²) < 4.78 is 25.2. The van der Waals surface area contributed by atoms with E-state index in [-0.39, 0.29) is 23.0 Å². The molecule has 1 aromatic rings. The Labute approximate surface area is 105 Å². The fraction of sp³-hybridized carbons (Fsp3) is 0.300. The molecular weight excluding hydrogens is 262 g/mol. The zero-order valence-corrected chi connectivity index (χ0v) is 10.8. The maximum absolute atomic E-state index is 12.0. The van der Waals surface area contributed by atoms with Crippen LogP contribution in [-0.2, 0) is 10.0 Å². The van der Waals surface area contributed by atoms with E-state index in [1.54, 1.807) is 0 Å². The smallest absolute Gasteiger partial charge is 0.244 e. The lowest BCUT2D eigenvalue weighted by Gasteiger charge is -2.16. The van der Waals surface area contributed by atoms with Crippen LogP contribution in [0.2, 0.25) is 5.02 Å². The monoisotopic (exact) mass is 273 g/mol. The van der Waals surface area contributed by atoms with Crippen molar-refractivity contribution >= 4 is 21.6 Å². The Bertz CT molecular complexity index is 551. The minimum absolute atomic E-state index is 0.0193. The van der Waals surface area contributed by atoms with Crippen LogP contribution in [0.25, 0.3) is 0 Å². The molecule has 0 unspecified atom stereocenters. The quantitative estimate of drug-likeness (QED) is 0.879. The van der Waals surface area contributed by atoms with Gasteiger partial charge in [0.2, 0.25) is 10.0 Å². The molecular formula is C10H12ClN3O2S. The van der Waals surface area contributed by atoms with Gasteiger partial charge in [0.05, 0.1) is 16.7 Å². The van der Waals surface area contributed by atoms with Crippen molar-refractivity contribution in [3.05, 3.63) is 28.8 Å². The van der Waals surface area contributed by atoms with Gasteiger partial charge in [-0.2, -0.15) is 9.57 Å². The van der Waals surface area contributed by atoms with Crippen LogP contribution < -0.4 is 5.73 Å². The molecule has 0 amide bonds. The molecule has 0 aliphatic rings. The van der Waals surface area contributed by atoms with Crippen LogP contribution in [0.15, 0.2) is 23.1 Å². The Kier molecular flexibility index (Phi) is 4.48. The molecule has 0 saturated carbocycles. The largest absolute Gasteiger partial charge is 0.329 e. The summed E-state index contributed by atoms with van der Waals surface area (Å²) in [5.74, 6) is 0. The lowest BCUT2D eigenvalue weighted by Crippen LogP contribution is -2.31. The molecule has 0 bridgehead atoms. The van der Waals surface area contributed by atoms with Crippen molar-refractivity contribution < 1.29 is 8.42 Å². The number of benzene rings is 1. The van der Waals surface area contributed by atoms with E-state index < -0.39 is 10.0 Å². The van der Waals surface area contributed by atoms with Crippen molar-refractivity contribution in [2.24, 2.45) is 5.73 Å². The van der Waals surface area contributed by atoms with Crippen LogP contribution in [-0.4, -0.2) is 32.9 Å². The number of hydrogen-bond donors (Lipinski definition) is 1. The van der Waals surface area contributed by atoms with Gasteiger partial charge in [0.1, 0.15) is 4.90 Å². The van der Waals surface area contributed by atoms with Crippen molar-refractivity contribution in [3.63, 3.8) is 0 Å². The van der Waals surface area contributed by atoms with Gasteiger partial charge in [-0.3, -0.25) is 0 Å². The van der Waals surface area contributed by atoms with E-state index >= 15 is 0 Å². The Morgan fingerprint density at radius 3 is 2.65 bits per heavy atom. The third-order valence-electron chi connectivity index (χ3n) is 2.19. The third kappa shape index (κ3) is 2.96. The molecule has 0 spiro atoms. The normalized spacial score (nSPS) is 11.5. The highest BCUT2D eigenvalue weighted by molar-refractivity contribution is 7.89. The number of nitriles is 1. The summed E-state index contributed by atoms with van der Waals surface area (Å²) in [7, 11) is -2.22. The van der Waals surface area contributed by atoms with Crippen molar-refractivity contribution in [1.29, 1.82) is 5.26 Å². The van der Waals surface area contributed by atoms with Gasteiger partial charge in [0.15, 0.2) is 0 Å². The molecule has 0 saturated heterocycles. The Balaban J connectivity index is 3.21. The van der Waals surface area contributed by atoms with Gasteiger partial charge in [-0.15, -0.1) is 0 Å². The fourth-order valence-electron chi connectivity index (χ4n) is 1.25. The summed E-state index contributed by atoms with van der Waals surface area (Å²) in [5.41, 5.74) is 5.62. The number of hydrogen-bond acceptors (Lipinski definition) is 4. The summed E-state index contributed by atoms with van der Waals surface area (Å²) in [6, 6.07) is 5.95. The van der Waals surface area contributed by atoms with Crippen molar-refractivity contribution in [2.75, 3.05) is 20.1 Å². The van der Waals surface area contributed by atoms with E-state index in [1.165, 1.54) is 25.2 Å². The number of nitrogens with two attached hydrogens (primary N) is 1. The zero-order valence-electron chi connectivity index (χ0n) is 9.22. The Hall–Kier alpha value is -1.13. The number of sulfonamides is 1. The molecule has 0 aromatic heterocycles. The first-order valence-electron chi connectivity index (χ1n) is 4.79. The summed E-state index contributed by atoms with van der Waals surface area (Å²) in [4.78, 5) is -0.0193. The molecule has 92 valence electrons. The van der Waals surface area contributed by atoms with Crippen LogP contribution >= 0.6 is 11.6 Å². The topological polar surface area (TPSA) is 87.2 Å². The molecule has 0 heterocycles. The van der Waals surface area contributed by atoms with Crippen LogP contribution in [0, 0.1) is 11.3 Å². The molecule has 5 nitrogen and oxygen atoms in total. The highest BCUT2D eigenvalue weighted by Crippen LogP contribution is 2.24. The predicted molar refractivity (Wildman–Crippen MR) is 65.0 cm³/mol. The fourth-order valence-corrected chi connectivity index (χ4v) is 2.95. The lowest BCUT2D eigenvalue weighted by atomic mass is 10.2. The molecule has 1 rings (SSSR count). The van der Waals surface area contributed by atoms with E-state index in [9.17, 15) is 8.42 Å². The third-order valence-corrected chi connectivity index (χ3v) is 4.53. The van der Waals surface area contributed by atoms with Gasteiger partial charge < -0.3 is 5.73 Å². The summed E-state index contributed by atoms with van der Waals surface area (Å²) in [5, 5.41) is 8.70. The van der Waals surface area contributed by atoms with Crippen molar-refractivity contribution in [2.45, 2.75) is 4.90 Å². The van der Waals surface area contributed by atoms with Crippen molar-refractivity contribution in [3.8, 4) is 6.07 Å². The minimum Gasteiger partial charge on any atom is -0.329 e. The van der Waals surface area contributed by atoms with E-state index in [4.69, 9.17) is 22.6 Å². The first-order valence-corrected chi connectivity index (χ1v) is 6.61. The molecule has 7 heteroatoms. The Morgan fingerprint density at radius 2 is 2.18 bits per heavy atom. The molecule has 0 atom stereocenters. The number of likely N-dealkylation sites (N-methyl/N-ethyl adjacent to an activating group) is 1. The van der Waals surface area contributed by atoms with Gasteiger partial charge in [0.25, 0.3) is 0 Å². The molecule has 0 aliphatic carbocycles. The van der Waals surface area contributed by atoms with Crippen LogP contribution in [0.4, 0.5) is 0 Å². The number of nitrogens with zero attached hydrogens (tertiary/aromatic N) is 2. The summed E-state index contributed by atoms with van der Waals surface area (Å²) in [6.07, 6.45) is 0. The second-order valence-electron chi connectivity index (χ2n) is 3.37. The molecule has 0 fully saturated rings. The van der Waals surface area contributed by atoms with Crippen LogP contribution in [0.5, 0.6) is 0 Å². The second-order valence-corrected chi connectivity index (χ2v) is 5.79. The average molecular weight is 274 g/mol. The van der Waals surface area contributed by atoms with E-state index in [1.807, 2.05) is 6.07 Å². The summed E-state index contributed by atoms with van der Waals surface area (Å²) >= 11 is 5.85. The highest BCUT2D eigenvalue weighted by atomic mass is 35.5. The Morgan fingerprint density at radius 1 is 1.53 bits per heavy atom. The van der Waals surface area contributed by atoms with Crippen molar-refractivity contribution in [1.82, 2.24) is 4.31 Å². The first kappa shape index (κ1) is 13.9. The lowest BCUT2D eigenvalue weighted by molar-refractivity contribution is 0.476. The molecule has 0 radical (unpaired) electrons. The number of rotatable bonds is 4. The second kappa shape index (κ2) is 5.47. The first-order chi connectivity index (χ1) is 7.93. The van der Waals surface area contributed by atoms with Gasteiger partial charge >= 0.3 is 0 Å². The van der Waals surface area contributed by atoms with Crippen LogP contribution in [0.1, 0.15) is 5.56 Å². The van der Waals surface area contributed by atoms with Gasteiger partial charge in [-0.1, -0.05) is 11.6 Å². The standard InChI is InChI=1S/C10H12ClN3O2S/c1-14(5-4-12)17(15,16)10-3-2-8(7-13)6-9(10)11/h2-3,6H,4-5,12H2,1H3. The predicted octanol–water partition coefficient (Wildman–Crippen LogP) is 0.791. The number of halogens is 1. The molecule has 2 N–H and O–H groups in total. The maximum Gasteiger partial charge on any atom is 0.244 e. The minimum atomic E-state index is -3.64. The molecule has 0 aliphatic heterocycles. The van der Waals surface area contributed by atoms with E-state index in [0.717, 1.165) is 4.31 Å². The highest BCUT2D eigenvalue weighted by Gasteiger charge is 2.22. The molecule has 17 heavy (non-hydrogen) atoms. The van der Waals surface area contributed by atoms with E-state index in [2.05, 4.69) is 0 Å². The average Bonchev–Trinajstić information content (AvgIpc) is 2.28. The van der Waals surface area contributed by atoms with Gasteiger partial charge in [-0.25, -0.2) is 8.42 Å². The summed E-state index contributed by atoms with van der Waals surface area (Å²) in [6.45, 7) is 0.433. The van der Waals surface area contributed by atoms with E-state index in [0.29, 0.717) is 5.56 Å². The van der Waals surface area contributed by atoms with Gasteiger partial charge in [0, 0.05) is 20.1 Å².